The van der Waals surface area contributed by atoms with Gasteiger partial charge in [-0.05, 0) is 43.8 Å². The topological polar surface area (TPSA) is 45.2 Å². The average Bonchev–Trinajstić information content (AvgIpc) is 2.72. The van der Waals surface area contributed by atoms with Gasteiger partial charge in [0.15, 0.2) is 11.5 Å². The SMILES string of the molecule is C=C(C)CN(CC)Cc1ccc(OC)c(OC[C@@H](O)CN(C)Cc2ccccc2)c1. The van der Waals surface area contributed by atoms with Gasteiger partial charge in [-0.2, -0.15) is 0 Å². The third-order valence-corrected chi connectivity index (χ3v) is 4.82. The fourth-order valence-electron chi connectivity index (χ4n) is 3.41. The largest absolute Gasteiger partial charge is 0.493 e. The Morgan fingerprint density at radius 2 is 1.80 bits per heavy atom. The lowest BCUT2D eigenvalue weighted by Crippen LogP contribution is -2.32. The quantitative estimate of drug-likeness (QED) is 0.505. The Hall–Kier alpha value is -2.34. The van der Waals surface area contributed by atoms with Crippen LogP contribution in [-0.4, -0.2) is 61.4 Å². The second-order valence-electron chi connectivity index (χ2n) is 7.89. The Bertz CT molecular complexity index is 779. The molecule has 0 bridgehead atoms. The second-order valence-corrected chi connectivity index (χ2v) is 7.89. The molecule has 0 saturated carbocycles. The maximum Gasteiger partial charge on any atom is 0.161 e. The van der Waals surface area contributed by atoms with E-state index >= 15 is 0 Å². The van der Waals surface area contributed by atoms with Crippen molar-refractivity contribution in [2.24, 2.45) is 0 Å². The first kappa shape index (κ1) is 23.9. The van der Waals surface area contributed by atoms with Crippen LogP contribution in [0.15, 0.2) is 60.7 Å². The highest BCUT2D eigenvalue weighted by Gasteiger charge is 2.13. The lowest BCUT2D eigenvalue weighted by atomic mass is 10.1. The van der Waals surface area contributed by atoms with Gasteiger partial charge in [0.2, 0.25) is 0 Å². The molecule has 1 atom stereocenters. The summed E-state index contributed by atoms with van der Waals surface area (Å²) in [6.45, 7) is 12.3. The maximum atomic E-state index is 10.4. The van der Waals surface area contributed by atoms with Gasteiger partial charge in [0.25, 0.3) is 0 Å². The van der Waals surface area contributed by atoms with Crippen LogP contribution in [-0.2, 0) is 13.1 Å². The van der Waals surface area contributed by atoms with Gasteiger partial charge in [-0.1, -0.05) is 55.5 Å². The molecule has 0 amide bonds. The van der Waals surface area contributed by atoms with E-state index in [0.29, 0.717) is 18.0 Å². The summed E-state index contributed by atoms with van der Waals surface area (Å²) in [7, 11) is 3.63. The summed E-state index contributed by atoms with van der Waals surface area (Å²) in [6, 6.07) is 16.2. The van der Waals surface area contributed by atoms with Gasteiger partial charge in [-0.15, -0.1) is 0 Å². The van der Waals surface area contributed by atoms with E-state index in [2.05, 4.69) is 41.5 Å². The molecule has 0 heterocycles. The standard InChI is InChI=1S/C25H36N2O3/c1-6-27(15-20(2)3)17-22-12-13-24(29-5)25(14-22)30-19-23(28)18-26(4)16-21-10-8-7-9-11-21/h7-14,23,28H,2,6,15-19H2,1,3-5H3/t23-/m0/s1. The minimum Gasteiger partial charge on any atom is -0.493 e. The molecule has 30 heavy (non-hydrogen) atoms. The Morgan fingerprint density at radius 3 is 2.43 bits per heavy atom. The van der Waals surface area contributed by atoms with Gasteiger partial charge in [-0.3, -0.25) is 9.80 Å². The molecule has 0 unspecified atom stereocenters. The van der Waals surface area contributed by atoms with E-state index < -0.39 is 6.10 Å². The average molecular weight is 413 g/mol. The molecule has 1 N–H and O–H groups in total. The Labute approximate surface area is 181 Å². The van der Waals surface area contributed by atoms with E-state index in [-0.39, 0.29) is 6.61 Å². The smallest absolute Gasteiger partial charge is 0.161 e. The highest BCUT2D eigenvalue weighted by Crippen LogP contribution is 2.29. The third-order valence-electron chi connectivity index (χ3n) is 4.82. The molecule has 0 spiro atoms. The first-order valence-electron chi connectivity index (χ1n) is 10.5. The summed E-state index contributed by atoms with van der Waals surface area (Å²) in [6.07, 6.45) is -0.595. The molecule has 5 heteroatoms. The van der Waals surface area contributed by atoms with Gasteiger partial charge in [-0.25, -0.2) is 0 Å². The second kappa shape index (κ2) is 12.4. The van der Waals surface area contributed by atoms with Crippen LogP contribution in [0.25, 0.3) is 0 Å². The number of methoxy groups -OCH3 is 1. The van der Waals surface area contributed by atoms with E-state index in [9.17, 15) is 5.11 Å². The van der Waals surface area contributed by atoms with E-state index in [1.54, 1.807) is 7.11 Å². The van der Waals surface area contributed by atoms with Crippen molar-refractivity contribution < 1.29 is 14.6 Å². The number of hydrogen-bond acceptors (Lipinski definition) is 5. The molecule has 0 aliphatic carbocycles. The summed E-state index contributed by atoms with van der Waals surface area (Å²) in [5.41, 5.74) is 3.51. The Kier molecular flexibility index (Phi) is 9.87. The van der Waals surface area contributed by atoms with Gasteiger partial charge in [0, 0.05) is 26.2 Å². The zero-order chi connectivity index (χ0) is 21.9. The predicted molar refractivity (Wildman–Crippen MR) is 123 cm³/mol. The van der Waals surface area contributed by atoms with E-state index in [4.69, 9.17) is 9.47 Å². The molecule has 0 aromatic heterocycles. The molecule has 2 aromatic carbocycles. The zero-order valence-electron chi connectivity index (χ0n) is 18.8. The first-order chi connectivity index (χ1) is 14.4. The molecule has 164 valence electrons. The molecule has 0 aliphatic heterocycles. The number of aliphatic hydroxyl groups excluding tert-OH is 1. The van der Waals surface area contributed by atoms with Crippen LogP contribution in [0.4, 0.5) is 0 Å². The normalized spacial score (nSPS) is 12.2. The van der Waals surface area contributed by atoms with Crippen LogP contribution in [0, 0.1) is 0 Å². The van der Waals surface area contributed by atoms with Crippen molar-refractivity contribution in [1.82, 2.24) is 9.80 Å². The predicted octanol–water partition coefficient (Wildman–Crippen LogP) is 3.96. The van der Waals surface area contributed by atoms with Crippen LogP contribution in [0.1, 0.15) is 25.0 Å². The van der Waals surface area contributed by atoms with Gasteiger partial charge < -0.3 is 14.6 Å². The van der Waals surface area contributed by atoms with Crippen LogP contribution in [0.2, 0.25) is 0 Å². The number of nitrogens with zero attached hydrogens (tertiary/aromatic N) is 2. The van der Waals surface area contributed by atoms with Crippen molar-refractivity contribution in [3.05, 3.63) is 71.8 Å². The van der Waals surface area contributed by atoms with E-state index in [1.165, 1.54) is 5.56 Å². The molecule has 0 aliphatic rings. The van der Waals surface area contributed by atoms with Crippen molar-refractivity contribution >= 4 is 0 Å². The summed E-state index contributed by atoms with van der Waals surface area (Å²) in [5, 5.41) is 10.4. The summed E-state index contributed by atoms with van der Waals surface area (Å²) >= 11 is 0. The Morgan fingerprint density at radius 1 is 1.07 bits per heavy atom. The zero-order valence-corrected chi connectivity index (χ0v) is 18.8. The number of likely N-dealkylation sites (N-methyl/N-ethyl adjacent to an activating group) is 2. The van der Waals surface area contributed by atoms with Crippen molar-refractivity contribution in [1.29, 1.82) is 0 Å². The molecular formula is C25H36N2O3. The number of ether oxygens (including phenoxy) is 2. The third kappa shape index (κ3) is 8.19. The highest BCUT2D eigenvalue weighted by atomic mass is 16.5. The van der Waals surface area contributed by atoms with Crippen molar-refractivity contribution in [2.45, 2.75) is 33.0 Å². The van der Waals surface area contributed by atoms with Crippen LogP contribution >= 0.6 is 0 Å². The van der Waals surface area contributed by atoms with Gasteiger partial charge >= 0.3 is 0 Å². The summed E-state index contributed by atoms with van der Waals surface area (Å²) in [4.78, 5) is 4.41. The summed E-state index contributed by atoms with van der Waals surface area (Å²) < 4.78 is 11.4. The number of benzene rings is 2. The fourth-order valence-corrected chi connectivity index (χ4v) is 3.41. The first-order valence-corrected chi connectivity index (χ1v) is 10.5. The minimum absolute atomic E-state index is 0.211. The molecule has 0 fully saturated rings. The summed E-state index contributed by atoms with van der Waals surface area (Å²) in [5.74, 6) is 1.33. The van der Waals surface area contributed by atoms with Gasteiger partial charge in [0.05, 0.1) is 7.11 Å². The Balaban J connectivity index is 1.93. The van der Waals surface area contributed by atoms with Crippen molar-refractivity contribution in [2.75, 3.05) is 40.4 Å². The number of hydrogen-bond donors (Lipinski definition) is 1. The molecule has 2 aromatic rings. The molecule has 2 rings (SSSR count). The lowest BCUT2D eigenvalue weighted by Gasteiger charge is -2.23. The highest BCUT2D eigenvalue weighted by molar-refractivity contribution is 5.43. The van der Waals surface area contributed by atoms with E-state index in [1.807, 2.05) is 44.3 Å². The fraction of sp³-hybridized carbons (Fsp3) is 0.440. The molecule has 0 saturated heterocycles. The maximum absolute atomic E-state index is 10.4. The number of rotatable bonds is 13. The van der Waals surface area contributed by atoms with Crippen LogP contribution in [0.3, 0.4) is 0 Å². The van der Waals surface area contributed by atoms with Crippen molar-refractivity contribution in [3.8, 4) is 11.5 Å². The molecule has 0 radical (unpaired) electrons. The molecular weight excluding hydrogens is 376 g/mol. The number of aliphatic hydroxyl groups is 1. The molecule has 5 nitrogen and oxygen atoms in total. The van der Waals surface area contributed by atoms with Crippen LogP contribution in [0.5, 0.6) is 11.5 Å². The van der Waals surface area contributed by atoms with Crippen LogP contribution < -0.4 is 9.47 Å². The van der Waals surface area contributed by atoms with Gasteiger partial charge in [0.1, 0.15) is 12.7 Å². The van der Waals surface area contributed by atoms with Crippen molar-refractivity contribution in [3.63, 3.8) is 0 Å². The van der Waals surface area contributed by atoms with E-state index in [0.717, 1.165) is 37.3 Å². The monoisotopic (exact) mass is 412 g/mol. The minimum atomic E-state index is -0.595. The lowest BCUT2D eigenvalue weighted by molar-refractivity contribution is 0.0732.